The molecule has 0 aromatic carbocycles. The molecule has 78 valence electrons. The van der Waals surface area contributed by atoms with Gasteiger partial charge in [-0.2, -0.15) is 0 Å². The van der Waals surface area contributed by atoms with Crippen molar-refractivity contribution in [3.63, 3.8) is 0 Å². The highest BCUT2D eigenvalue weighted by Crippen LogP contribution is 2.14. The lowest BCUT2D eigenvalue weighted by atomic mass is 10.2. The summed E-state index contributed by atoms with van der Waals surface area (Å²) in [4.78, 5) is 11.5. The predicted octanol–water partition coefficient (Wildman–Crippen LogP) is 2.96. The van der Waals surface area contributed by atoms with Gasteiger partial charge < -0.3 is 9.73 Å². The van der Waals surface area contributed by atoms with Crippen LogP contribution in [0.5, 0.6) is 0 Å². The SMILES string of the molecule is CCC[C@H](C)NC(=O)c1ccc(Br)o1. The van der Waals surface area contributed by atoms with Crippen LogP contribution in [0.1, 0.15) is 37.2 Å². The Kier molecular flexibility index (Phi) is 4.20. The van der Waals surface area contributed by atoms with E-state index in [4.69, 9.17) is 4.42 Å². The average molecular weight is 260 g/mol. The van der Waals surface area contributed by atoms with Crippen LogP contribution in [0.4, 0.5) is 0 Å². The van der Waals surface area contributed by atoms with Gasteiger partial charge in [0.05, 0.1) is 0 Å². The average Bonchev–Trinajstić information content (AvgIpc) is 2.52. The van der Waals surface area contributed by atoms with Crippen LogP contribution in [0, 0.1) is 0 Å². The molecule has 1 aromatic heterocycles. The first kappa shape index (κ1) is 11.3. The van der Waals surface area contributed by atoms with Gasteiger partial charge in [0.15, 0.2) is 10.4 Å². The number of halogens is 1. The van der Waals surface area contributed by atoms with Crippen molar-refractivity contribution < 1.29 is 9.21 Å². The molecule has 14 heavy (non-hydrogen) atoms. The van der Waals surface area contributed by atoms with Crippen LogP contribution in [0.25, 0.3) is 0 Å². The van der Waals surface area contributed by atoms with E-state index >= 15 is 0 Å². The van der Waals surface area contributed by atoms with E-state index in [1.165, 1.54) is 0 Å². The summed E-state index contributed by atoms with van der Waals surface area (Å²) >= 11 is 3.15. The molecule has 0 saturated carbocycles. The zero-order chi connectivity index (χ0) is 10.6. The van der Waals surface area contributed by atoms with Gasteiger partial charge in [-0.3, -0.25) is 4.79 Å². The third-order valence-corrected chi connectivity index (χ3v) is 2.32. The fourth-order valence-electron chi connectivity index (χ4n) is 1.24. The molecule has 1 heterocycles. The first-order valence-corrected chi connectivity index (χ1v) is 5.49. The van der Waals surface area contributed by atoms with E-state index in [9.17, 15) is 4.79 Å². The van der Waals surface area contributed by atoms with Crippen LogP contribution < -0.4 is 5.32 Å². The van der Waals surface area contributed by atoms with E-state index < -0.39 is 0 Å². The minimum atomic E-state index is -0.156. The lowest BCUT2D eigenvalue weighted by molar-refractivity contribution is 0.0909. The summed E-state index contributed by atoms with van der Waals surface area (Å²) in [6, 6.07) is 3.55. The summed E-state index contributed by atoms with van der Waals surface area (Å²) in [5.74, 6) is 0.191. The molecular formula is C10H14BrNO2. The Morgan fingerprint density at radius 3 is 2.86 bits per heavy atom. The molecule has 1 amide bonds. The number of hydrogen-bond acceptors (Lipinski definition) is 2. The summed E-state index contributed by atoms with van der Waals surface area (Å²) in [5, 5.41) is 2.86. The fraction of sp³-hybridized carbons (Fsp3) is 0.500. The van der Waals surface area contributed by atoms with Gasteiger partial charge >= 0.3 is 0 Å². The maximum absolute atomic E-state index is 11.5. The summed E-state index contributed by atoms with van der Waals surface area (Å²) < 4.78 is 5.70. The Bertz CT molecular complexity index is 309. The zero-order valence-electron chi connectivity index (χ0n) is 8.34. The summed E-state index contributed by atoms with van der Waals surface area (Å²) in [6.45, 7) is 4.07. The third kappa shape index (κ3) is 3.18. The van der Waals surface area contributed by atoms with Gasteiger partial charge in [-0.05, 0) is 41.4 Å². The molecule has 0 unspecified atom stereocenters. The number of amides is 1. The minimum absolute atomic E-state index is 0.156. The number of furan rings is 1. The van der Waals surface area contributed by atoms with Crippen molar-refractivity contribution >= 4 is 21.8 Å². The summed E-state index contributed by atoms with van der Waals surface area (Å²) in [7, 11) is 0. The van der Waals surface area contributed by atoms with Crippen molar-refractivity contribution in [2.24, 2.45) is 0 Å². The molecule has 0 aliphatic heterocycles. The molecule has 0 fully saturated rings. The van der Waals surface area contributed by atoms with Crippen molar-refractivity contribution in [2.75, 3.05) is 0 Å². The number of hydrogen-bond donors (Lipinski definition) is 1. The van der Waals surface area contributed by atoms with Gasteiger partial charge in [0.1, 0.15) is 0 Å². The highest BCUT2D eigenvalue weighted by molar-refractivity contribution is 9.10. The quantitative estimate of drug-likeness (QED) is 0.904. The highest BCUT2D eigenvalue weighted by atomic mass is 79.9. The maximum atomic E-state index is 11.5. The van der Waals surface area contributed by atoms with Crippen molar-refractivity contribution in [1.29, 1.82) is 0 Å². The molecule has 0 aliphatic rings. The van der Waals surface area contributed by atoms with Gasteiger partial charge in [-0.1, -0.05) is 13.3 Å². The predicted molar refractivity (Wildman–Crippen MR) is 58.2 cm³/mol. The normalized spacial score (nSPS) is 12.5. The molecule has 3 nitrogen and oxygen atoms in total. The van der Waals surface area contributed by atoms with Gasteiger partial charge in [-0.25, -0.2) is 0 Å². The third-order valence-electron chi connectivity index (χ3n) is 1.90. The largest absolute Gasteiger partial charge is 0.444 e. The lowest BCUT2D eigenvalue weighted by Crippen LogP contribution is -2.32. The molecule has 0 saturated heterocycles. The van der Waals surface area contributed by atoms with Gasteiger partial charge in [0.25, 0.3) is 5.91 Å². The van der Waals surface area contributed by atoms with E-state index in [0.29, 0.717) is 10.4 Å². The zero-order valence-corrected chi connectivity index (χ0v) is 9.93. The van der Waals surface area contributed by atoms with Crippen LogP contribution in [0.3, 0.4) is 0 Å². The molecule has 0 radical (unpaired) electrons. The van der Waals surface area contributed by atoms with Crippen LogP contribution in [0.15, 0.2) is 21.2 Å². The number of nitrogens with one attached hydrogen (secondary N) is 1. The number of carbonyl (C=O) groups is 1. The molecule has 0 spiro atoms. The monoisotopic (exact) mass is 259 g/mol. The standard InChI is InChI=1S/C10H14BrNO2/c1-3-4-7(2)12-10(13)8-5-6-9(11)14-8/h5-7H,3-4H2,1-2H3,(H,12,13)/t7-/m0/s1. The van der Waals surface area contributed by atoms with E-state index in [1.807, 2.05) is 6.92 Å². The van der Waals surface area contributed by atoms with Crippen LogP contribution in [0.2, 0.25) is 0 Å². The Hall–Kier alpha value is -0.770. The molecule has 1 aromatic rings. The molecule has 0 aliphatic carbocycles. The first-order valence-electron chi connectivity index (χ1n) is 4.69. The Morgan fingerprint density at radius 2 is 2.36 bits per heavy atom. The molecular weight excluding hydrogens is 246 g/mol. The van der Waals surface area contributed by atoms with Crippen LogP contribution >= 0.6 is 15.9 Å². The second-order valence-corrected chi connectivity index (χ2v) is 4.05. The lowest BCUT2D eigenvalue weighted by Gasteiger charge is -2.10. The Morgan fingerprint density at radius 1 is 1.64 bits per heavy atom. The van der Waals surface area contributed by atoms with E-state index in [2.05, 4.69) is 28.2 Å². The minimum Gasteiger partial charge on any atom is -0.444 e. The topological polar surface area (TPSA) is 42.2 Å². The number of rotatable bonds is 4. The summed E-state index contributed by atoms with van der Waals surface area (Å²) in [5.41, 5.74) is 0. The molecule has 4 heteroatoms. The van der Waals surface area contributed by atoms with Crippen molar-refractivity contribution in [1.82, 2.24) is 5.32 Å². The second-order valence-electron chi connectivity index (χ2n) is 3.27. The smallest absolute Gasteiger partial charge is 0.287 e. The molecule has 1 atom stereocenters. The second kappa shape index (κ2) is 5.20. The van der Waals surface area contributed by atoms with E-state index in [0.717, 1.165) is 12.8 Å². The van der Waals surface area contributed by atoms with Gasteiger partial charge in [0, 0.05) is 6.04 Å². The molecule has 1 rings (SSSR count). The van der Waals surface area contributed by atoms with Crippen LogP contribution in [-0.2, 0) is 0 Å². The van der Waals surface area contributed by atoms with Gasteiger partial charge in [0.2, 0.25) is 0 Å². The Labute approximate surface area is 92.0 Å². The summed E-state index contributed by atoms with van der Waals surface area (Å²) in [6.07, 6.45) is 2.04. The van der Waals surface area contributed by atoms with Crippen molar-refractivity contribution in [2.45, 2.75) is 32.7 Å². The molecule has 1 N–H and O–H groups in total. The van der Waals surface area contributed by atoms with E-state index in [1.54, 1.807) is 12.1 Å². The Balaban J connectivity index is 2.50. The number of carbonyl (C=O) groups excluding carboxylic acids is 1. The van der Waals surface area contributed by atoms with E-state index in [-0.39, 0.29) is 11.9 Å². The fourth-order valence-corrected chi connectivity index (χ4v) is 1.54. The van der Waals surface area contributed by atoms with Crippen LogP contribution in [-0.4, -0.2) is 11.9 Å². The first-order chi connectivity index (χ1) is 6.63. The highest BCUT2D eigenvalue weighted by Gasteiger charge is 2.12. The van der Waals surface area contributed by atoms with Crippen molar-refractivity contribution in [3.8, 4) is 0 Å². The van der Waals surface area contributed by atoms with Gasteiger partial charge in [-0.15, -0.1) is 0 Å². The maximum Gasteiger partial charge on any atom is 0.287 e. The molecule has 0 bridgehead atoms. The van der Waals surface area contributed by atoms with Crippen molar-refractivity contribution in [3.05, 3.63) is 22.6 Å².